The van der Waals surface area contributed by atoms with E-state index in [9.17, 15) is 0 Å². The van der Waals surface area contributed by atoms with E-state index in [0.717, 1.165) is 31.1 Å². The minimum Gasteiger partial charge on any atom is -0.490 e. The second-order valence-corrected chi connectivity index (χ2v) is 7.79. The van der Waals surface area contributed by atoms with Crippen molar-refractivity contribution in [3.05, 3.63) is 17.7 Å². The summed E-state index contributed by atoms with van der Waals surface area (Å²) in [7, 11) is 0. The molecule has 2 aliphatic heterocycles. The zero-order valence-electron chi connectivity index (χ0n) is 13.3. The van der Waals surface area contributed by atoms with Gasteiger partial charge in [-0.25, -0.2) is 0 Å². The van der Waals surface area contributed by atoms with Crippen molar-refractivity contribution in [2.24, 2.45) is 5.92 Å². The highest BCUT2D eigenvalue weighted by molar-refractivity contribution is 8.00. The summed E-state index contributed by atoms with van der Waals surface area (Å²) in [5, 5.41) is 4.33. The van der Waals surface area contributed by atoms with Crippen LogP contribution in [0.15, 0.2) is 17.0 Å². The monoisotopic (exact) mass is 307 g/mol. The molecular weight excluding hydrogens is 282 g/mol. The van der Waals surface area contributed by atoms with Gasteiger partial charge in [0.05, 0.1) is 13.2 Å². The highest BCUT2D eigenvalue weighted by atomic mass is 32.2. The molecule has 3 unspecified atom stereocenters. The Morgan fingerprint density at radius 2 is 1.81 bits per heavy atom. The standard InChI is InChI=1S/C17H25NO2S/c1-10(2)18-17-11(3)12(4)21-16-9-15-14(8-13(16)17)19-6-5-7-20-15/h8-12,17-18H,5-7H2,1-4H3. The zero-order chi connectivity index (χ0) is 15.0. The van der Waals surface area contributed by atoms with Crippen LogP contribution in [0.2, 0.25) is 0 Å². The molecule has 116 valence electrons. The third-order valence-electron chi connectivity index (χ3n) is 4.31. The van der Waals surface area contributed by atoms with Crippen molar-refractivity contribution in [1.29, 1.82) is 0 Å². The van der Waals surface area contributed by atoms with Gasteiger partial charge in [-0.1, -0.05) is 27.7 Å². The van der Waals surface area contributed by atoms with Crippen LogP contribution >= 0.6 is 11.8 Å². The summed E-state index contributed by atoms with van der Waals surface area (Å²) in [5.74, 6) is 2.41. The number of benzene rings is 1. The third kappa shape index (κ3) is 3.02. The van der Waals surface area contributed by atoms with Crippen molar-refractivity contribution < 1.29 is 9.47 Å². The Kier molecular flexibility index (Phi) is 4.36. The van der Waals surface area contributed by atoms with E-state index in [-0.39, 0.29) is 0 Å². The van der Waals surface area contributed by atoms with Crippen LogP contribution in [0.4, 0.5) is 0 Å². The van der Waals surface area contributed by atoms with E-state index in [1.807, 2.05) is 11.8 Å². The molecule has 1 aromatic rings. The highest BCUT2D eigenvalue weighted by Crippen LogP contribution is 2.48. The van der Waals surface area contributed by atoms with E-state index in [2.05, 4.69) is 45.1 Å². The van der Waals surface area contributed by atoms with Gasteiger partial charge in [-0.15, -0.1) is 11.8 Å². The molecule has 0 fully saturated rings. The highest BCUT2D eigenvalue weighted by Gasteiger charge is 2.33. The lowest BCUT2D eigenvalue weighted by Gasteiger charge is -2.37. The van der Waals surface area contributed by atoms with E-state index in [1.54, 1.807) is 0 Å². The van der Waals surface area contributed by atoms with Gasteiger partial charge < -0.3 is 14.8 Å². The maximum Gasteiger partial charge on any atom is 0.162 e. The van der Waals surface area contributed by atoms with Crippen molar-refractivity contribution in [3.8, 4) is 11.5 Å². The molecule has 0 aromatic heterocycles. The van der Waals surface area contributed by atoms with Crippen LogP contribution in [0.5, 0.6) is 11.5 Å². The molecule has 2 heterocycles. The van der Waals surface area contributed by atoms with Crippen molar-refractivity contribution in [1.82, 2.24) is 5.32 Å². The second-order valence-electron chi connectivity index (χ2n) is 6.37. The minimum absolute atomic E-state index is 0.383. The topological polar surface area (TPSA) is 30.5 Å². The number of rotatable bonds is 2. The Morgan fingerprint density at radius 1 is 1.14 bits per heavy atom. The normalized spacial score (nSPS) is 28.1. The van der Waals surface area contributed by atoms with Crippen LogP contribution in [0.1, 0.15) is 45.7 Å². The van der Waals surface area contributed by atoms with Crippen LogP contribution in [-0.2, 0) is 0 Å². The first kappa shape index (κ1) is 15.0. The van der Waals surface area contributed by atoms with Gasteiger partial charge in [0, 0.05) is 28.6 Å². The van der Waals surface area contributed by atoms with Crippen LogP contribution in [-0.4, -0.2) is 24.5 Å². The maximum absolute atomic E-state index is 5.87. The lowest BCUT2D eigenvalue weighted by atomic mass is 9.90. The van der Waals surface area contributed by atoms with E-state index in [0.29, 0.717) is 23.3 Å². The Hall–Kier alpha value is -0.870. The number of thioether (sulfide) groups is 1. The smallest absolute Gasteiger partial charge is 0.162 e. The average Bonchev–Trinajstić information content (AvgIpc) is 2.66. The van der Waals surface area contributed by atoms with E-state index < -0.39 is 0 Å². The molecule has 0 saturated carbocycles. The molecule has 1 aromatic carbocycles. The molecule has 0 aliphatic carbocycles. The molecule has 3 rings (SSSR count). The van der Waals surface area contributed by atoms with Gasteiger partial charge >= 0.3 is 0 Å². The van der Waals surface area contributed by atoms with Gasteiger partial charge in [0.15, 0.2) is 11.5 Å². The molecule has 21 heavy (non-hydrogen) atoms. The molecular formula is C17H25NO2S. The SMILES string of the molecule is CC(C)NC1c2cc3c(cc2SC(C)C1C)OCCCO3. The molecule has 0 spiro atoms. The Bertz CT molecular complexity index is 518. The number of fused-ring (bicyclic) bond motifs is 2. The molecule has 0 saturated heterocycles. The average molecular weight is 307 g/mol. The fourth-order valence-corrected chi connectivity index (χ4v) is 4.28. The predicted molar refractivity (Wildman–Crippen MR) is 87.5 cm³/mol. The quantitative estimate of drug-likeness (QED) is 0.894. The number of ether oxygens (including phenoxy) is 2. The predicted octanol–water partition coefficient (Wildman–Crippen LogP) is 4.02. The zero-order valence-corrected chi connectivity index (χ0v) is 14.1. The van der Waals surface area contributed by atoms with Crippen LogP contribution < -0.4 is 14.8 Å². The molecule has 2 aliphatic rings. The van der Waals surface area contributed by atoms with Crippen LogP contribution in [0, 0.1) is 5.92 Å². The first-order valence-corrected chi connectivity index (χ1v) is 8.80. The van der Waals surface area contributed by atoms with Crippen molar-refractivity contribution in [2.75, 3.05) is 13.2 Å². The molecule has 4 heteroatoms. The van der Waals surface area contributed by atoms with Crippen molar-refractivity contribution in [2.45, 2.75) is 56.3 Å². The Labute approximate surface area is 131 Å². The molecule has 1 N–H and O–H groups in total. The number of nitrogens with one attached hydrogen (secondary N) is 1. The van der Waals surface area contributed by atoms with Crippen LogP contribution in [0.3, 0.4) is 0 Å². The van der Waals surface area contributed by atoms with Gasteiger partial charge in [-0.2, -0.15) is 0 Å². The van der Waals surface area contributed by atoms with Crippen molar-refractivity contribution >= 4 is 11.8 Å². The van der Waals surface area contributed by atoms with E-state index >= 15 is 0 Å². The molecule has 0 radical (unpaired) electrons. The summed E-state index contributed by atoms with van der Waals surface area (Å²) in [4.78, 5) is 1.34. The van der Waals surface area contributed by atoms with Gasteiger partial charge in [0.1, 0.15) is 0 Å². The fraction of sp³-hybridized carbons (Fsp3) is 0.647. The van der Waals surface area contributed by atoms with Crippen molar-refractivity contribution in [3.63, 3.8) is 0 Å². The minimum atomic E-state index is 0.383. The van der Waals surface area contributed by atoms with Gasteiger partial charge in [0.25, 0.3) is 0 Å². The van der Waals surface area contributed by atoms with Crippen LogP contribution in [0.25, 0.3) is 0 Å². The summed E-state index contributed by atoms with van der Waals surface area (Å²) in [6.07, 6.45) is 0.951. The summed E-state index contributed by atoms with van der Waals surface area (Å²) in [5.41, 5.74) is 1.36. The Balaban J connectivity index is 2.01. The fourth-order valence-electron chi connectivity index (χ4n) is 3.01. The summed E-state index contributed by atoms with van der Waals surface area (Å²) in [6.45, 7) is 10.6. The lowest BCUT2D eigenvalue weighted by Crippen LogP contribution is -2.38. The van der Waals surface area contributed by atoms with E-state index in [4.69, 9.17) is 9.47 Å². The van der Waals surface area contributed by atoms with E-state index in [1.165, 1.54) is 10.5 Å². The lowest BCUT2D eigenvalue weighted by molar-refractivity contribution is 0.296. The summed E-state index contributed by atoms with van der Waals surface area (Å²) in [6, 6.07) is 5.23. The molecule has 3 atom stereocenters. The first-order chi connectivity index (χ1) is 10.1. The van der Waals surface area contributed by atoms with Gasteiger partial charge in [0.2, 0.25) is 0 Å². The molecule has 3 nitrogen and oxygen atoms in total. The maximum atomic E-state index is 5.87. The molecule has 0 bridgehead atoms. The first-order valence-electron chi connectivity index (χ1n) is 7.92. The third-order valence-corrected chi connectivity index (χ3v) is 5.72. The van der Waals surface area contributed by atoms with Gasteiger partial charge in [-0.05, 0) is 23.6 Å². The van der Waals surface area contributed by atoms with Gasteiger partial charge in [-0.3, -0.25) is 0 Å². The summed E-state index contributed by atoms with van der Waals surface area (Å²) < 4.78 is 11.7. The number of hydrogen-bond acceptors (Lipinski definition) is 4. The summed E-state index contributed by atoms with van der Waals surface area (Å²) >= 11 is 1.95. The Morgan fingerprint density at radius 3 is 2.48 bits per heavy atom. The largest absolute Gasteiger partial charge is 0.490 e. The second kappa shape index (κ2) is 6.09. The number of hydrogen-bond donors (Lipinski definition) is 1. The molecule has 0 amide bonds.